The number of fused-ring (bicyclic) bond motifs is 1. The lowest BCUT2D eigenvalue weighted by Crippen LogP contribution is -2.47. The Labute approximate surface area is 174 Å². The average molecular weight is 412 g/mol. The molecular weight excluding hydrogens is 386 g/mol. The molecule has 1 aliphatic heterocycles. The monoisotopic (exact) mass is 411 g/mol. The van der Waals surface area contributed by atoms with E-state index in [-0.39, 0.29) is 6.03 Å². The molecule has 0 atom stereocenters. The fourth-order valence-electron chi connectivity index (χ4n) is 3.34. The highest BCUT2D eigenvalue weighted by Crippen LogP contribution is 2.21. The Hall–Kier alpha value is -2.78. The molecule has 29 heavy (non-hydrogen) atoms. The standard InChI is InChI=1S/C20H25N7OS/c28-20(24-15-18-25-16-5-1-2-6-17(16)29-18)23-9-4-10-26-11-13-27(14-12-26)19-21-7-3-8-22-19/h1-3,5-8H,4,9-15H2,(H2,23,24,28). The van der Waals surface area contributed by atoms with Crippen molar-refractivity contribution in [1.82, 2.24) is 30.5 Å². The SMILES string of the molecule is O=C(NCCCN1CCN(c2ncccn2)CC1)NCc1nc2ccccc2s1. The van der Waals surface area contributed by atoms with Gasteiger partial charge in [0.1, 0.15) is 5.01 Å². The summed E-state index contributed by atoms with van der Waals surface area (Å²) < 4.78 is 1.14. The molecule has 1 fully saturated rings. The van der Waals surface area contributed by atoms with E-state index < -0.39 is 0 Å². The maximum Gasteiger partial charge on any atom is 0.315 e. The van der Waals surface area contributed by atoms with Gasteiger partial charge in [0, 0.05) is 45.1 Å². The molecule has 0 spiro atoms. The molecule has 2 amide bonds. The van der Waals surface area contributed by atoms with Crippen LogP contribution in [0.1, 0.15) is 11.4 Å². The molecule has 3 aromatic rings. The van der Waals surface area contributed by atoms with Crippen molar-refractivity contribution >= 4 is 33.5 Å². The van der Waals surface area contributed by atoms with Crippen LogP contribution in [0, 0.1) is 0 Å². The minimum atomic E-state index is -0.143. The summed E-state index contributed by atoms with van der Waals surface area (Å²) in [6, 6.07) is 9.70. The van der Waals surface area contributed by atoms with Crippen LogP contribution < -0.4 is 15.5 Å². The molecule has 2 aromatic heterocycles. The summed E-state index contributed by atoms with van der Waals surface area (Å²) in [5.74, 6) is 0.804. The van der Waals surface area contributed by atoms with E-state index in [4.69, 9.17) is 0 Å². The maximum absolute atomic E-state index is 12.0. The van der Waals surface area contributed by atoms with E-state index in [9.17, 15) is 4.79 Å². The molecule has 0 unspecified atom stereocenters. The fourth-order valence-corrected chi connectivity index (χ4v) is 4.25. The van der Waals surface area contributed by atoms with Crippen LogP contribution in [0.4, 0.5) is 10.7 Å². The van der Waals surface area contributed by atoms with Crippen LogP contribution in [0.15, 0.2) is 42.7 Å². The van der Waals surface area contributed by atoms with E-state index >= 15 is 0 Å². The number of hydrogen-bond donors (Lipinski definition) is 2. The molecule has 0 radical (unpaired) electrons. The molecule has 8 nitrogen and oxygen atoms in total. The van der Waals surface area contributed by atoms with Gasteiger partial charge in [-0.3, -0.25) is 4.90 Å². The first kappa shape index (κ1) is 19.5. The molecule has 0 aliphatic carbocycles. The summed E-state index contributed by atoms with van der Waals surface area (Å²) in [7, 11) is 0. The van der Waals surface area contributed by atoms with Gasteiger partial charge in [-0.1, -0.05) is 12.1 Å². The third-order valence-corrected chi connectivity index (χ3v) is 5.92. The van der Waals surface area contributed by atoms with Crippen molar-refractivity contribution in [3.05, 3.63) is 47.7 Å². The second-order valence-electron chi connectivity index (χ2n) is 6.92. The number of para-hydroxylation sites is 1. The fraction of sp³-hybridized carbons (Fsp3) is 0.400. The number of nitrogens with zero attached hydrogens (tertiary/aromatic N) is 5. The lowest BCUT2D eigenvalue weighted by atomic mass is 10.3. The Bertz CT molecular complexity index is 892. The van der Waals surface area contributed by atoms with Gasteiger partial charge < -0.3 is 15.5 Å². The molecule has 9 heteroatoms. The molecule has 0 saturated carbocycles. The van der Waals surface area contributed by atoms with Crippen LogP contribution in [0.5, 0.6) is 0 Å². The zero-order chi connectivity index (χ0) is 19.9. The van der Waals surface area contributed by atoms with Gasteiger partial charge in [-0.25, -0.2) is 19.7 Å². The second-order valence-corrected chi connectivity index (χ2v) is 8.03. The number of hydrogen-bond acceptors (Lipinski definition) is 7. The van der Waals surface area contributed by atoms with E-state index in [0.29, 0.717) is 13.1 Å². The number of aromatic nitrogens is 3. The number of anilines is 1. The normalized spacial score (nSPS) is 14.8. The number of urea groups is 1. The van der Waals surface area contributed by atoms with Crippen molar-refractivity contribution in [3.63, 3.8) is 0 Å². The van der Waals surface area contributed by atoms with Crippen molar-refractivity contribution in [1.29, 1.82) is 0 Å². The highest BCUT2D eigenvalue weighted by Gasteiger charge is 2.18. The van der Waals surface area contributed by atoms with Gasteiger partial charge in [-0.2, -0.15) is 0 Å². The van der Waals surface area contributed by atoms with E-state index in [2.05, 4.69) is 35.4 Å². The summed E-state index contributed by atoms with van der Waals surface area (Å²) >= 11 is 1.61. The predicted molar refractivity (Wildman–Crippen MR) is 115 cm³/mol. The van der Waals surface area contributed by atoms with Crippen molar-refractivity contribution in [2.75, 3.05) is 44.2 Å². The number of rotatable bonds is 7. The van der Waals surface area contributed by atoms with E-state index in [0.717, 1.165) is 60.3 Å². The van der Waals surface area contributed by atoms with Gasteiger partial charge in [-0.15, -0.1) is 11.3 Å². The largest absolute Gasteiger partial charge is 0.338 e. The van der Waals surface area contributed by atoms with Crippen LogP contribution in [0.25, 0.3) is 10.2 Å². The van der Waals surface area contributed by atoms with Gasteiger partial charge in [0.25, 0.3) is 0 Å². The van der Waals surface area contributed by atoms with Crippen molar-refractivity contribution in [2.45, 2.75) is 13.0 Å². The Morgan fingerprint density at radius 1 is 1.03 bits per heavy atom. The molecule has 1 saturated heterocycles. The van der Waals surface area contributed by atoms with Crippen molar-refractivity contribution in [2.24, 2.45) is 0 Å². The summed E-state index contributed by atoms with van der Waals surface area (Å²) in [6.45, 7) is 5.92. The first-order valence-corrected chi connectivity index (χ1v) is 10.7. The number of nitrogens with one attached hydrogen (secondary N) is 2. The molecule has 3 heterocycles. The quantitative estimate of drug-likeness (QED) is 0.579. The number of benzene rings is 1. The molecule has 4 rings (SSSR count). The number of amides is 2. The van der Waals surface area contributed by atoms with Crippen LogP contribution in [-0.4, -0.2) is 65.2 Å². The Kier molecular flexibility index (Phi) is 6.48. The smallest absolute Gasteiger partial charge is 0.315 e. The first-order chi connectivity index (χ1) is 14.3. The topological polar surface area (TPSA) is 86.3 Å². The van der Waals surface area contributed by atoms with Crippen LogP contribution in [0.3, 0.4) is 0 Å². The number of thiazole rings is 1. The zero-order valence-corrected chi connectivity index (χ0v) is 17.1. The minimum absolute atomic E-state index is 0.143. The van der Waals surface area contributed by atoms with Gasteiger partial charge in [0.05, 0.1) is 16.8 Å². The zero-order valence-electron chi connectivity index (χ0n) is 16.3. The van der Waals surface area contributed by atoms with Crippen LogP contribution >= 0.6 is 11.3 Å². The summed E-state index contributed by atoms with van der Waals surface area (Å²) in [5, 5.41) is 6.73. The number of piperazine rings is 1. The first-order valence-electron chi connectivity index (χ1n) is 9.88. The van der Waals surface area contributed by atoms with Crippen LogP contribution in [0.2, 0.25) is 0 Å². The van der Waals surface area contributed by atoms with Gasteiger partial charge in [0.2, 0.25) is 5.95 Å². The van der Waals surface area contributed by atoms with Gasteiger partial charge in [-0.05, 0) is 31.2 Å². The lowest BCUT2D eigenvalue weighted by Gasteiger charge is -2.34. The Balaban J connectivity index is 1.10. The lowest BCUT2D eigenvalue weighted by molar-refractivity contribution is 0.235. The van der Waals surface area contributed by atoms with Crippen LogP contribution in [-0.2, 0) is 6.54 Å². The highest BCUT2D eigenvalue weighted by molar-refractivity contribution is 7.18. The summed E-state index contributed by atoms with van der Waals surface area (Å²) in [6.07, 6.45) is 4.49. The summed E-state index contributed by atoms with van der Waals surface area (Å²) in [5.41, 5.74) is 0.980. The Morgan fingerprint density at radius 2 is 1.83 bits per heavy atom. The number of carbonyl (C=O) groups excluding carboxylic acids is 1. The second kappa shape index (κ2) is 9.62. The molecule has 2 N–H and O–H groups in total. The van der Waals surface area contributed by atoms with Crippen molar-refractivity contribution in [3.8, 4) is 0 Å². The highest BCUT2D eigenvalue weighted by atomic mass is 32.1. The molecule has 1 aromatic carbocycles. The third kappa shape index (κ3) is 5.39. The molecular formula is C20H25N7OS. The van der Waals surface area contributed by atoms with E-state index in [1.54, 1.807) is 23.7 Å². The molecule has 0 bridgehead atoms. The van der Waals surface area contributed by atoms with Gasteiger partial charge >= 0.3 is 6.03 Å². The number of carbonyl (C=O) groups is 1. The maximum atomic E-state index is 12.0. The van der Waals surface area contributed by atoms with Gasteiger partial charge in [0.15, 0.2) is 0 Å². The summed E-state index contributed by atoms with van der Waals surface area (Å²) in [4.78, 5) is 29.8. The third-order valence-electron chi connectivity index (χ3n) is 4.88. The Morgan fingerprint density at radius 3 is 2.62 bits per heavy atom. The predicted octanol–water partition coefficient (Wildman–Crippen LogP) is 2.10. The molecule has 152 valence electrons. The van der Waals surface area contributed by atoms with E-state index in [1.807, 2.05) is 30.3 Å². The van der Waals surface area contributed by atoms with E-state index in [1.165, 1.54) is 0 Å². The minimum Gasteiger partial charge on any atom is -0.338 e. The van der Waals surface area contributed by atoms with Crippen molar-refractivity contribution < 1.29 is 4.79 Å². The molecule has 1 aliphatic rings. The average Bonchev–Trinajstić information content (AvgIpc) is 3.19.